The Bertz CT molecular complexity index is 8580. The molecule has 0 fully saturated rings. The zero-order chi connectivity index (χ0) is 89.2. The molecule has 12 nitrogen and oxygen atoms in total. The highest BCUT2D eigenvalue weighted by Gasteiger charge is 2.59. The fourth-order valence-electron chi connectivity index (χ4n) is 24.1. The summed E-state index contributed by atoms with van der Waals surface area (Å²) in [7, 11) is 0. The first-order valence-corrected chi connectivity index (χ1v) is 56.7. The van der Waals surface area contributed by atoms with Crippen molar-refractivity contribution in [2.24, 2.45) is 0 Å². The van der Waals surface area contributed by atoms with Crippen molar-refractivity contribution < 1.29 is 18.9 Å². The molecule has 0 amide bonds. The summed E-state index contributed by atoms with van der Waals surface area (Å²) in [5.74, 6) is 6.26. The molecule has 0 saturated carbocycles. The van der Waals surface area contributed by atoms with Crippen LogP contribution in [0, 0.1) is 0 Å². The van der Waals surface area contributed by atoms with Gasteiger partial charge in [-0.15, -0.1) is 0 Å². The number of anilines is 24. The standard InChI is InChI=1S/2C58H34N4O2P2S2/c67-65-53-40-25-13-27-42(53)61(38-21-9-3-10-22-38)46-33-35-34-47-58-52(50(35)51(57(46)65)63-48-31-15-29-44(55(48)65)59(40)36-17-5-1-6-18-36)64-49-32-16-30-45-56(49)66(58,68)54-41(60(45)37-19-7-2-8-20-37)26-14-28-43(54)62(47)39-23-11-4-12-24-39;67-65-53-40-25-13-27-42(53)61(38-21-9-3-10-22-38)51-50-35(33-48(57(51)65)63-46-31-15-29-44(55(46)65)59(40)36-17-5-1-6-18-36)34-49-58-52(50)62(39-23-11-4-12-24-39)43-28-14-26-41-54(43)66(58,68)56-45(30-16-32-47(56)64-49)60(41)37-19-7-2-8-20-37/h2*1-34H. The summed E-state index contributed by atoms with van der Waals surface area (Å²) in [6, 6.07) is 136. The molecular formula is C116H68N8O4P4S4. The zero-order valence-electron chi connectivity index (χ0n) is 71.9. The second-order valence-electron chi connectivity index (χ2n) is 35.8. The van der Waals surface area contributed by atoms with Crippen LogP contribution in [0.1, 0.15) is 0 Å². The summed E-state index contributed by atoms with van der Waals surface area (Å²) in [6.07, 6.45) is 0. The molecule has 0 aliphatic carbocycles. The summed E-state index contributed by atoms with van der Waals surface area (Å²) in [6.45, 7) is 0. The van der Waals surface area contributed by atoms with Crippen molar-refractivity contribution in [1.82, 2.24) is 0 Å². The predicted octanol–water partition coefficient (Wildman–Crippen LogP) is 27.4. The second-order valence-corrected chi connectivity index (χ2v) is 52.6. The maximum Gasteiger partial charge on any atom is 0.150 e. The minimum absolute atomic E-state index is 0.757. The maximum absolute atomic E-state index is 7.59. The normalized spacial score (nSPS) is 18.6. The van der Waals surface area contributed by atoms with E-state index in [1.54, 1.807) is 0 Å². The molecule has 0 radical (unpaired) electrons. The highest BCUT2D eigenvalue weighted by atomic mass is 32.5. The van der Waals surface area contributed by atoms with Crippen LogP contribution in [0.2, 0.25) is 0 Å². The van der Waals surface area contributed by atoms with Gasteiger partial charge in [0, 0.05) is 72.1 Å². The molecule has 0 aromatic heterocycles. The van der Waals surface area contributed by atoms with Gasteiger partial charge in [0.15, 0.2) is 0 Å². The molecule has 20 aromatic carbocycles. The SMILES string of the molecule is S=P12c3c4cccc3N(c3ccccc3)c3cccc(c31)N(c1ccccc1)c1c2c(cc2cc3c5c(c12)N(c1ccccc1)c1cccc2c1P5(=S)c1c(cccc1N2c1ccccc1)O3)O4.S=P12c3c4cccc3N(c3ccccc3)c3cccc(c31)N(c1ccccc1)c1cc3cc5c6c(c3c(c12)O4)Oc1cccc2c1P6(=S)c1c(cccc1N5c1ccccc1)N2c1ccccc1. The Morgan fingerprint density at radius 3 is 0.610 bits per heavy atom. The molecule has 12 aliphatic rings. The fourth-order valence-corrected chi connectivity index (χ4v) is 44.7. The van der Waals surface area contributed by atoms with Crippen LogP contribution in [0.15, 0.2) is 413 Å². The molecular weight excluding hydrogens is 1820 g/mol. The summed E-state index contributed by atoms with van der Waals surface area (Å²) in [5, 5.41) is 17.2. The summed E-state index contributed by atoms with van der Waals surface area (Å²) >= 11 is 30.1. The molecule has 12 heterocycles. The van der Waals surface area contributed by atoms with Crippen molar-refractivity contribution in [1.29, 1.82) is 0 Å². The lowest BCUT2D eigenvalue weighted by Gasteiger charge is -2.51. The van der Waals surface area contributed by atoms with E-state index >= 15 is 0 Å². The topological polar surface area (TPSA) is 62.8 Å². The second kappa shape index (κ2) is 27.5. The molecule has 0 N–H and O–H groups in total. The van der Waals surface area contributed by atoms with E-state index in [1.807, 2.05) is 0 Å². The van der Waals surface area contributed by atoms with Gasteiger partial charge in [0.25, 0.3) is 0 Å². The van der Waals surface area contributed by atoms with Crippen molar-refractivity contribution in [2.45, 2.75) is 0 Å². The van der Waals surface area contributed by atoms with Crippen LogP contribution in [0.3, 0.4) is 0 Å². The van der Waals surface area contributed by atoms with E-state index in [0.717, 1.165) is 257 Å². The third kappa shape index (κ3) is 9.55. The lowest BCUT2D eigenvalue weighted by atomic mass is 9.99. The van der Waals surface area contributed by atoms with Crippen LogP contribution < -0.4 is 122 Å². The summed E-state index contributed by atoms with van der Waals surface area (Å²) < 4.78 is 29.8. The minimum Gasteiger partial charge on any atom is -0.456 e. The largest absolute Gasteiger partial charge is 0.456 e. The third-order valence-corrected chi connectivity index (χ3v) is 48.4. The van der Waals surface area contributed by atoms with Gasteiger partial charge in [0.2, 0.25) is 0 Å². The molecule has 4 unspecified atom stereocenters. The fraction of sp³-hybridized carbons (Fsp3) is 0. The van der Waals surface area contributed by atoms with Crippen LogP contribution >= 0.6 is 24.2 Å². The first kappa shape index (κ1) is 76.5. The Kier molecular flexibility index (Phi) is 15.5. The van der Waals surface area contributed by atoms with Gasteiger partial charge in [0.1, 0.15) is 46.0 Å². The van der Waals surface area contributed by atoms with E-state index in [1.165, 1.54) is 10.6 Å². The lowest BCUT2D eigenvalue weighted by Crippen LogP contribution is -2.46. The molecule has 0 saturated heterocycles. The van der Waals surface area contributed by atoms with Crippen LogP contribution in [-0.4, -0.2) is 0 Å². The van der Waals surface area contributed by atoms with Gasteiger partial charge >= 0.3 is 0 Å². The monoisotopic (exact) mass is 1890 g/mol. The molecule has 20 aromatic rings. The Morgan fingerprint density at radius 1 is 0.154 bits per heavy atom. The first-order chi connectivity index (χ1) is 67.1. The molecule has 4 atom stereocenters. The number of rotatable bonds is 8. The molecule has 20 heteroatoms. The minimum atomic E-state index is -2.88. The number of benzene rings is 20. The number of fused-ring (bicyclic) bond motifs is 6. The first-order valence-electron chi connectivity index (χ1n) is 45.5. The van der Waals surface area contributed by atoms with Crippen molar-refractivity contribution in [2.75, 3.05) is 39.2 Å². The highest BCUT2D eigenvalue weighted by molar-refractivity contribution is 8.28. The van der Waals surface area contributed by atoms with Crippen molar-refractivity contribution in [3.63, 3.8) is 0 Å². The Morgan fingerprint density at radius 2 is 0.353 bits per heavy atom. The van der Waals surface area contributed by atoms with E-state index < -0.39 is 24.2 Å². The average molecular weight is 1890 g/mol. The lowest BCUT2D eigenvalue weighted by molar-refractivity contribution is 0.478. The Balaban J connectivity index is 0.000000127. The number of para-hydroxylation sites is 8. The molecule has 136 heavy (non-hydrogen) atoms. The third-order valence-electron chi connectivity index (χ3n) is 29.0. The predicted molar refractivity (Wildman–Crippen MR) is 578 cm³/mol. The van der Waals surface area contributed by atoms with Gasteiger partial charge in [-0.1, -0.05) is 241 Å². The van der Waals surface area contributed by atoms with Gasteiger partial charge in [0.05, 0.1) is 163 Å². The molecule has 640 valence electrons. The zero-order valence-corrected chi connectivity index (χ0v) is 78.7. The number of hydrogen-bond donors (Lipinski definition) is 0. The summed E-state index contributed by atoms with van der Waals surface area (Å²) in [4.78, 5) is 19.3. The van der Waals surface area contributed by atoms with Gasteiger partial charge in [-0.25, -0.2) is 0 Å². The Labute approximate surface area is 803 Å². The highest BCUT2D eigenvalue weighted by Crippen LogP contribution is 2.75. The molecule has 32 rings (SSSR count). The smallest absolute Gasteiger partial charge is 0.150 e. The van der Waals surface area contributed by atoms with E-state index in [2.05, 4.69) is 452 Å². The number of nitrogens with zero attached hydrogens (tertiary/aromatic N) is 8. The average Bonchev–Trinajstić information content (AvgIpc) is 0.648. The van der Waals surface area contributed by atoms with Gasteiger partial charge in [-0.2, -0.15) is 0 Å². The van der Waals surface area contributed by atoms with Crippen molar-refractivity contribution >= 4 is 293 Å². The number of hydrogen-bond acceptors (Lipinski definition) is 16. The van der Waals surface area contributed by atoms with Gasteiger partial charge < -0.3 is 58.1 Å². The quantitative estimate of drug-likeness (QED) is 0.136. The van der Waals surface area contributed by atoms with E-state index in [4.69, 9.17) is 66.2 Å². The van der Waals surface area contributed by atoms with Crippen molar-refractivity contribution in [3.8, 4) is 46.0 Å². The van der Waals surface area contributed by atoms with Crippen LogP contribution in [-0.2, 0) is 47.2 Å². The Hall–Kier alpha value is -14.9. The number of ether oxygens (including phenoxy) is 4. The molecule has 0 spiro atoms. The van der Waals surface area contributed by atoms with Gasteiger partial charge in [-0.3, -0.25) is 0 Å². The maximum atomic E-state index is 7.59. The van der Waals surface area contributed by atoms with Crippen LogP contribution in [0.4, 0.5) is 136 Å². The molecule has 0 bridgehead atoms. The van der Waals surface area contributed by atoms with Gasteiger partial charge in [-0.05, 0) is 229 Å². The molecule has 12 aliphatic heterocycles. The van der Waals surface area contributed by atoms with E-state index in [-0.39, 0.29) is 0 Å². The van der Waals surface area contributed by atoms with E-state index in [9.17, 15) is 0 Å². The van der Waals surface area contributed by atoms with Crippen molar-refractivity contribution in [3.05, 3.63) is 413 Å². The van der Waals surface area contributed by atoms with Crippen LogP contribution in [0.5, 0.6) is 46.0 Å². The van der Waals surface area contributed by atoms with Crippen LogP contribution in [0.25, 0.3) is 21.5 Å². The van der Waals surface area contributed by atoms with E-state index in [0.29, 0.717) is 0 Å². The summed E-state index contributed by atoms with van der Waals surface area (Å²) in [5.41, 5.74) is 25.5.